The second kappa shape index (κ2) is 6.02. The van der Waals surface area contributed by atoms with Gasteiger partial charge in [0.1, 0.15) is 0 Å². The van der Waals surface area contributed by atoms with Crippen molar-refractivity contribution in [1.29, 1.82) is 0 Å². The van der Waals surface area contributed by atoms with Gasteiger partial charge in [-0.3, -0.25) is 0 Å². The normalized spacial score (nSPS) is 8.43. The summed E-state index contributed by atoms with van der Waals surface area (Å²) in [5.41, 5.74) is 0. The van der Waals surface area contributed by atoms with Crippen molar-refractivity contribution >= 4 is 45.6 Å². The predicted octanol–water partition coefficient (Wildman–Crippen LogP) is -3.21. The van der Waals surface area contributed by atoms with Crippen molar-refractivity contribution in [3.63, 3.8) is 0 Å². The van der Waals surface area contributed by atoms with Gasteiger partial charge in [0.15, 0.2) is 0 Å². The Kier molecular flexibility index (Phi) is 13.7. The number of hydrogen-bond donors (Lipinski definition) is 0. The van der Waals surface area contributed by atoms with Gasteiger partial charge < -0.3 is 19.2 Å². The first-order valence-corrected chi connectivity index (χ1v) is 2.19. The first-order valence-electron chi connectivity index (χ1n) is 0.730. The Bertz CT molecular complexity index is 57.8. The van der Waals surface area contributed by atoms with Gasteiger partial charge in [-0.25, -0.2) is 0 Å². The molecule has 0 amide bonds. The summed E-state index contributed by atoms with van der Waals surface area (Å²) in [6, 6.07) is 0. The third-order valence-corrected chi connectivity index (χ3v) is 0. The Morgan fingerprint density at radius 2 is 1.14 bits per heavy atom. The van der Waals surface area contributed by atoms with E-state index in [9.17, 15) is 0 Å². The van der Waals surface area contributed by atoms with Crippen molar-refractivity contribution < 1.29 is 36.3 Å². The molecule has 0 N–H and O–H groups in total. The predicted molar refractivity (Wildman–Crippen MR) is 13.4 cm³/mol. The van der Waals surface area contributed by atoms with E-state index in [1.165, 1.54) is 0 Å². The zero-order valence-electron chi connectivity index (χ0n) is 3.09. The molecular formula is CaCuO4P. The van der Waals surface area contributed by atoms with Gasteiger partial charge in [-0.2, -0.15) is 7.82 Å². The molecule has 0 rings (SSSR count). The molecule has 42 valence electrons. The average molecular weight is 199 g/mol. The third kappa shape index (κ3) is 76.7. The second-order valence-electron chi connectivity index (χ2n) is 0.447. The molecule has 0 aliphatic heterocycles. The van der Waals surface area contributed by atoms with Crippen molar-refractivity contribution in [2.24, 2.45) is 0 Å². The molecule has 0 aromatic carbocycles. The van der Waals surface area contributed by atoms with E-state index in [4.69, 9.17) is 19.2 Å². The fraction of sp³-hybridized carbons (Fsp3) is 0. The average Bonchev–Trinajstić information content (AvgIpc) is 0.722. The monoisotopic (exact) mass is 198 g/mol. The smallest absolute Gasteiger partial charge is 0.822 e. The van der Waals surface area contributed by atoms with Gasteiger partial charge in [0.25, 0.3) is 0 Å². The fourth-order valence-electron chi connectivity index (χ4n) is 0. The summed E-state index contributed by atoms with van der Waals surface area (Å²) in [7, 11) is -5.39. The molecule has 0 aliphatic rings. The van der Waals surface area contributed by atoms with Crippen molar-refractivity contribution in [3.8, 4) is 0 Å². The van der Waals surface area contributed by atoms with Gasteiger partial charge in [0.05, 0.1) is 0 Å². The quantitative estimate of drug-likeness (QED) is 0.303. The van der Waals surface area contributed by atoms with Crippen LogP contribution in [-0.4, -0.2) is 37.7 Å². The summed E-state index contributed by atoms with van der Waals surface area (Å²) >= 11 is 0. The van der Waals surface area contributed by atoms with Gasteiger partial charge in [0.2, 0.25) is 0 Å². The zero-order chi connectivity index (χ0) is 4.50. The minimum absolute atomic E-state index is 0. The van der Waals surface area contributed by atoms with Crippen LogP contribution in [-0.2, 0) is 21.6 Å². The Morgan fingerprint density at radius 1 is 1.14 bits per heavy atom. The topological polar surface area (TPSA) is 86.2 Å². The van der Waals surface area contributed by atoms with Crippen LogP contribution in [0.4, 0.5) is 0 Å². The molecule has 0 aliphatic carbocycles. The molecule has 0 radical (unpaired) electrons. The molecule has 7 heavy (non-hydrogen) atoms. The summed E-state index contributed by atoms with van der Waals surface area (Å²) in [6.07, 6.45) is 0. The van der Waals surface area contributed by atoms with E-state index in [1.54, 1.807) is 0 Å². The molecule has 7 heteroatoms. The third-order valence-electron chi connectivity index (χ3n) is 0. The maximum Gasteiger partial charge on any atom is 2.00 e. The summed E-state index contributed by atoms with van der Waals surface area (Å²) in [5, 5.41) is 0. The minimum Gasteiger partial charge on any atom is -0.822 e. The fourth-order valence-corrected chi connectivity index (χ4v) is 0. The molecule has 0 bridgehead atoms. The van der Waals surface area contributed by atoms with E-state index >= 15 is 0 Å². The van der Waals surface area contributed by atoms with Crippen LogP contribution in [0.5, 0.6) is 0 Å². The van der Waals surface area contributed by atoms with Crippen LogP contribution in [0.25, 0.3) is 0 Å². The van der Waals surface area contributed by atoms with Gasteiger partial charge in [-0.15, -0.1) is 0 Å². The Balaban J connectivity index is -0.0000000800. The summed E-state index contributed by atoms with van der Waals surface area (Å²) in [6.45, 7) is 0. The van der Waals surface area contributed by atoms with Crippen molar-refractivity contribution in [3.05, 3.63) is 0 Å². The van der Waals surface area contributed by atoms with Crippen LogP contribution in [0.3, 0.4) is 0 Å². The van der Waals surface area contributed by atoms with Crippen molar-refractivity contribution in [2.45, 2.75) is 0 Å². The summed E-state index contributed by atoms with van der Waals surface area (Å²) in [5.74, 6) is 0. The van der Waals surface area contributed by atoms with E-state index < -0.39 is 7.82 Å². The van der Waals surface area contributed by atoms with E-state index in [-0.39, 0.29) is 54.8 Å². The van der Waals surface area contributed by atoms with E-state index in [1.807, 2.05) is 0 Å². The summed E-state index contributed by atoms with van der Waals surface area (Å²) in [4.78, 5) is 25.6. The molecule has 0 aromatic rings. The Hall–Kier alpha value is 1.89. The molecule has 0 fully saturated rings. The zero-order valence-corrected chi connectivity index (χ0v) is 7.13. The minimum atomic E-state index is -5.39. The van der Waals surface area contributed by atoms with Crippen LogP contribution in [0.1, 0.15) is 0 Å². The van der Waals surface area contributed by atoms with Gasteiger partial charge in [-0.1, -0.05) is 0 Å². The largest absolute Gasteiger partial charge is 2.00 e. The Labute approximate surface area is 81.0 Å². The number of rotatable bonds is 0. The van der Waals surface area contributed by atoms with Crippen molar-refractivity contribution in [2.75, 3.05) is 0 Å². The molecule has 0 atom stereocenters. The van der Waals surface area contributed by atoms with Gasteiger partial charge in [0, 0.05) is 0 Å². The SMILES string of the molecule is O=P([O-])([O-])[O-].[Ca+2].[Cu+]. The van der Waals surface area contributed by atoms with Gasteiger partial charge in [-0.05, 0) is 0 Å². The maximum absolute atomic E-state index is 8.55. The Morgan fingerprint density at radius 3 is 1.14 bits per heavy atom. The standard InChI is InChI=1S/Ca.Cu.H3O4P/c;;1-5(2,3)4/h;;(H3,1,2,3,4)/q+2;+1;/p-3. The van der Waals surface area contributed by atoms with Crippen LogP contribution in [0, 0.1) is 0 Å². The molecule has 0 heterocycles. The van der Waals surface area contributed by atoms with Crippen LogP contribution < -0.4 is 14.7 Å². The first kappa shape index (κ1) is 16.0. The summed E-state index contributed by atoms with van der Waals surface area (Å²) < 4.78 is 8.55. The van der Waals surface area contributed by atoms with Crippen LogP contribution >= 0.6 is 7.82 Å². The van der Waals surface area contributed by atoms with Gasteiger partial charge >= 0.3 is 54.8 Å². The molecule has 0 saturated carbocycles. The maximum atomic E-state index is 8.55. The molecule has 0 unspecified atom stereocenters. The second-order valence-corrected chi connectivity index (χ2v) is 1.34. The molecule has 0 saturated heterocycles. The number of phosphoric acid groups is 1. The van der Waals surface area contributed by atoms with E-state index in [0.29, 0.717) is 0 Å². The molecule has 0 aromatic heterocycles. The van der Waals surface area contributed by atoms with E-state index in [0.717, 1.165) is 0 Å². The van der Waals surface area contributed by atoms with Crippen molar-refractivity contribution in [1.82, 2.24) is 0 Å². The van der Waals surface area contributed by atoms with Crippen LogP contribution in [0.15, 0.2) is 0 Å². The molecule has 4 nitrogen and oxygen atoms in total. The number of hydrogen-bond acceptors (Lipinski definition) is 4. The van der Waals surface area contributed by atoms with Crippen LogP contribution in [0.2, 0.25) is 0 Å². The first-order chi connectivity index (χ1) is 2.00. The van der Waals surface area contributed by atoms with E-state index in [2.05, 4.69) is 0 Å². The molecular weight excluding hydrogens is 199 g/mol. The molecule has 0 spiro atoms.